The molecule has 0 atom stereocenters. The fourth-order valence-electron chi connectivity index (χ4n) is 2.74. The zero-order chi connectivity index (χ0) is 19.5. The maximum Gasteiger partial charge on any atom is 0.255 e. The Labute approximate surface area is 166 Å². The molecular weight excluding hydrogens is 380 g/mol. The van der Waals surface area contributed by atoms with Crippen molar-refractivity contribution in [1.29, 1.82) is 0 Å². The van der Waals surface area contributed by atoms with Crippen molar-refractivity contribution in [3.63, 3.8) is 0 Å². The number of para-hydroxylation sites is 1. The minimum absolute atomic E-state index is 0.162. The minimum atomic E-state index is -0.356. The van der Waals surface area contributed by atoms with Crippen LogP contribution in [0.2, 0.25) is 5.02 Å². The molecule has 0 aromatic heterocycles. The van der Waals surface area contributed by atoms with Crippen LogP contribution >= 0.6 is 11.6 Å². The lowest BCUT2D eigenvalue weighted by Gasteiger charge is -2.09. The standard InChI is InChI=1S/C21H15ClN2O4/c22-16-6-1-2-7-17(16)24-21(26)14-5-3-4-13(10-14)20(25)23-15-8-9-18-19(11-15)28-12-27-18/h1-11H,12H2,(H,23,25)(H,24,26). The number of anilines is 2. The Hall–Kier alpha value is -3.51. The summed E-state index contributed by atoms with van der Waals surface area (Å²) in [6, 6.07) is 18.5. The van der Waals surface area contributed by atoms with Crippen LogP contribution in [-0.4, -0.2) is 18.6 Å². The molecule has 0 unspecified atom stereocenters. The van der Waals surface area contributed by atoms with Crippen LogP contribution in [0.15, 0.2) is 66.7 Å². The zero-order valence-electron chi connectivity index (χ0n) is 14.6. The van der Waals surface area contributed by atoms with E-state index in [-0.39, 0.29) is 18.6 Å². The van der Waals surface area contributed by atoms with E-state index in [9.17, 15) is 9.59 Å². The van der Waals surface area contributed by atoms with Crippen molar-refractivity contribution >= 4 is 34.8 Å². The Morgan fingerprint density at radius 2 is 1.50 bits per heavy atom. The van der Waals surface area contributed by atoms with Gasteiger partial charge < -0.3 is 20.1 Å². The molecule has 140 valence electrons. The second-order valence-corrected chi connectivity index (χ2v) is 6.44. The molecule has 0 saturated carbocycles. The highest BCUT2D eigenvalue weighted by Gasteiger charge is 2.16. The maximum atomic E-state index is 12.6. The summed E-state index contributed by atoms with van der Waals surface area (Å²) in [6.45, 7) is 0.162. The molecular formula is C21H15ClN2O4. The SMILES string of the molecule is O=C(Nc1ccc2c(c1)OCO2)c1cccc(C(=O)Nc2ccccc2Cl)c1. The van der Waals surface area contributed by atoms with Crippen LogP contribution < -0.4 is 20.1 Å². The average molecular weight is 395 g/mol. The molecule has 0 bridgehead atoms. The van der Waals surface area contributed by atoms with Crippen LogP contribution in [0.25, 0.3) is 0 Å². The van der Waals surface area contributed by atoms with Crippen LogP contribution in [0.4, 0.5) is 11.4 Å². The van der Waals surface area contributed by atoms with Crippen molar-refractivity contribution in [2.45, 2.75) is 0 Å². The summed E-state index contributed by atoms with van der Waals surface area (Å²) in [5.74, 6) is 0.513. The molecule has 1 heterocycles. The minimum Gasteiger partial charge on any atom is -0.454 e. The van der Waals surface area contributed by atoms with E-state index >= 15 is 0 Å². The highest BCUT2D eigenvalue weighted by atomic mass is 35.5. The summed E-state index contributed by atoms with van der Waals surface area (Å²) >= 11 is 6.07. The molecule has 0 spiro atoms. The Balaban J connectivity index is 1.49. The van der Waals surface area contributed by atoms with E-state index in [1.54, 1.807) is 60.7 Å². The van der Waals surface area contributed by atoms with Gasteiger partial charge in [0.05, 0.1) is 10.7 Å². The van der Waals surface area contributed by atoms with Gasteiger partial charge in [-0.15, -0.1) is 0 Å². The summed E-state index contributed by atoms with van der Waals surface area (Å²) in [4.78, 5) is 25.1. The second-order valence-electron chi connectivity index (χ2n) is 6.04. The van der Waals surface area contributed by atoms with E-state index in [0.717, 1.165) is 0 Å². The lowest BCUT2D eigenvalue weighted by atomic mass is 10.1. The monoisotopic (exact) mass is 394 g/mol. The second kappa shape index (κ2) is 7.62. The topological polar surface area (TPSA) is 76.7 Å². The molecule has 28 heavy (non-hydrogen) atoms. The maximum absolute atomic E-state index is 12.6. The van der Waals surface area contributed by atoms with Gasteiger partial charge in [-0.05, 0) is 42.5 Å². The number of carbonyl (C=O) groups is 2. The lowest BCUT2D eigenvalue weighted by Crippen LogP contribution is -2.15. The van der Waals surface area contributed by atoms with Crippen molar-refractivity contribution in [3.05, 3.63) is 82.9 Å². The Bertz CT molecular complexity index is 1070. The Kier molecular flexibility index (Phi) is 4.87. The summed E-state index contributed by atoms with van der Waals surface area (Å²) < 4.78 is 10.6. The molecule has 0 aliphatic carbocycles. The van der Waals surface area contributed by atoms with E-state index in [4.69, 9.17) is 21.1 Å². The number of rotatable bonds is 4. The van der Waals surface area contributed by atoms with Crippen LogP contribution in [0, 0.1) is 0 Å². The van der Waals surface area contributed by atoms with Gasteiger partial charge in [0.1, 0.15) is 0 Å². The fraction of sp³-hybridized carbons (Fsp3) is 0.0476. The fourth-order valence-corrected chi connectivity index (χ4v) is 2.92. The first-order valence-corrected chi connectivity index (χ1v) is 8.85. The van der Waals surface area contributed by atoms with Crippen molar-refractivity contribution in [3.8, 4) is 11.5 Å². The molecule has 1 aliphatic heterocycles. The third-order valence-corrected chi connectivity index (χ3v) is 4.47. The van der Waals surface area contributed by atoms with Gasteiger partial charge in [0.2, 0.25) is 6.79 Å². The number of hydrogen-bond acceptors (Lipinski definition) is 4. The highest BCUT2D eigenvalue weighted by molar-refractivity contribution is 6.33. The number of halogens is 1. The molecule has 0 radical (unpaired) electrons. The lowest BCUT2D eigenvalue weighted by molar-refractivity contribution is 0.102. The molecule has 6 nitrogen and oxygen atoms in total. The first-order chi connectivity index (χ1) is 13.6. The van der Waals surface area contributed by atoms with E-state index in [1.807, 2.05) is 0 Å². The van der Waals surface area contributed by atoms with E-state index in [2.05, 4.69) is 10.6 Å². The summed E-state index contributed by atoms with van der Waals surface area (Å²) in [7, 11) is 0. The Morgan fingerprint density at radius 3 is 2.29 bits per heavy atom. The van der Waals surface area contributed by atoms with Crippen molar-refractivity contribution in [2.24, 2.45) is 0 Å². The van der Waals surface area contributed by atoms with Gasteiger partial charge in [0, 0.05) is 22.9 Å². The number of fused-ring (bicyclic) bond motifs is 1. The normalized spacial score (nSPS) is 11.8. The predicted molar refractivity (Wildman–Crippen MR) is 106 cm³/mol. The molecule has 3 aromatic carbocycles. The average Bonchev–Trinajstić information content (AvgIpc) is 3.17. The van der Waals surface area contributed by atoms with Gasteiger partial charge in [-0.3, -0.25) is 9.59 Å². The van der Waals surface area contributed by atoms with Crippen molar-refractivity contribution < 1.29 is 19.1 Å². The molecule has 1 aliphatic rings. The van der Waals surface area contributed by atoms with Crippen LogP contribution in [0.5, 0.6) is 11.5 Å². The number of carbonyl (C=O) groups excluding carboxylic acids is 2. The largest absolute Gasteiger partial charge is 0.454 e. The smallest absolute Gasteiger partial charge is 0.255 e. The number of amides is 2. The van der Waals surface area contributed by atoms with Gasteiger partial charge >= 0.3 is 0 Å². The van der Waals surface area contributed by atoms with E-state index < -0.39 is 0 Å². The van der Waals surface area contributed by atoms with Crippen LogP contribution in [0.3, 0.4) is 0 Å². The summed E-state index contributed by atoms with van der Waals surface area (Å²) in [6.07, 6.45) is 0. The van der Waals surface area contributed by atoms with Gasteiger partial charge in [-0.2, -0.15) is 0 Å². The van der Waals surface area contributed by atoms with E-state index in [0.29, 0.717) is 39.0 Å². The van der Waals surface area contributed by atoms with Gasteiger partial charge in [-0.25, -0.2) is 0 Å². The summed E-state index contributed by atoms with van der Waals surface area (Å²) in [5.41, 5.74) is 1.77. The molecule has 3 aromatic rings. The van der Waals surface area contributed by atoms with Gasteiger partial charge in [0.15, 0.2) is 11.5 Å². The van der Waals surface area contributed by atoms with E-state index in [1.165, 1.54) is 6.07 Å². The molecule has 0 saturated heterocycles. The van der Waals surface area contributed by atoms with Crippen LogP contribution in [-0.2, 0) is 0 Å². The van der Waals surface area contributed by atoms with Gasteiger partial charge in [-0.1, -0.05) is 29.8 Å². The number of nitrogens with one attached hydrogen (secondary N) is 2. The zero-order valence-corrected chi connectivity index (χ0v) is 15.3. The highest BCUT2D eigenvalue weighted by Crippen LogP contribution is 2.34. The number of hydrogen-bond donors (Lipinski definition) is 2. The van der Waals surface area contributed by atoms with Crippen LogP contribution in [0.1, 0.15) is 20.7 Å². The molecule has 7 heteroatoms. The van der Waals surface area contributed by atoms with Crippen molar-refractivity contribution in [1.82, 2.24) is 0 Å². The predicted octanol–water partition coefficient (Wildman–Crippen LogP) is 4.57. The van der Waals surface area contributed by atoms with Gasteiger partial charge in [0.25, 0.3) is 11.8 Å². The summed E-state index contributed by atoms with van der Waals surface area (Å²) in [5, 5.41) is 5.96. The molecule has 0 fully saturated rings. The Morgan fingerprint density at radius 1 is 0.786 bits per heavy atom. The third kappa shape index (κ3) is 3.77. The number of ether oxygens (including phenoxy) is 2. The van der Waals surface area contributed by atoms with Crippen molar-refractivity contribution in [2.75, 3.05) is 17.4 Å². The molecule has 2 N–H and O–H groups in total. The quantitative estimate of drug-likeness (QED) is 0.679. The molecule has 4 rings (SSSR count). The third-order valence-electron chi connectivity index (χ3n) is 4.14. The molecule has 2 amide bonds. The first-order valence-electron chi connectivity index (χ1n) is 8.47. The number of benzene rings is 3. The first kappa shape index (κ1) is 17.9.